The predicted octanol–water partition coefficient (Wildman–Crippen LogP) is 3.09. The molecule has 1 aromatic heterocycles. The highest BCUT2D eigenvalue weighted by Crippen LogP contribution is 2.34. The molecule has 2 rings (SSSR count). The summed E-state index contributed by atoms with van der Waals surface area (Å²) in [5.41, 5.74) is 0.0928. The SMILES string of the molecule is CCCC1CCC(n2nnnc2CNC(C)(C)C)CC1. The first-order chi connectivity index (χ1) is 9.49. The molecule has 0 unspecified atom stereocenters. The molecule has 0 bridgehead atoms. The Kier molecular flexibility index (Phi) is 5.13. The maximum absolute atomic E-state index is 4.23. The summed E-state index contributed by atoms with van der Waals surface area (Å²) < 4.78 is 2.06. The minimum Gasteiger partial charge on any atom is -0.305 e. The number of hydrogen-bond donors (Lipinski definition) is 1. The van der Waals surface area contributed by atoms with Crippen LogP contribution in [0.2, 0.25) is 0 Å². The molecule has 1 aromatic rings. The van der Waals surface area contributed by atoms with E-state index in [1.807, 2.05) is 0 Å². The lowest BCUT2D eigenvalue weighted by Crippen LogP contribution is -2.36. The second-order valence-corrected chi connectivity index (χ2v) is 7.11. The van der Waals surface area contributed by atoms with E-state index in [4.69, 9.17) is 0 Å². The van der Waals surface area contributed by atoms with E-state index in [1.165, 1.54) is 38.5 Å². The fourth-order valence-electron chi connectivity index (χ4n) is 3.04. The molecule has 20 heavy (non-hydrogen) atoms. The first kappa shape index (κ1) is 15.4. The highest BCUT2D eigenvalue weighted by atomic mass is 15.6. The van der Waals surface area contributed by atoms with Crippen LogP contribution in [-0.4, -0.2) is 25.7 Å². The van der Waals surface area contributed by atoms with Crippen molar-refractivity contribution in [3.05, 3.63) is 5.82 Å². The zero-order chi connectivity index (χ0) is 14.6. The third-order valence-electron chi connectivity index (χ3n) is 4.20. The van der Waals surface area contributed by atoms with Crippen LogP contribution in [0.25, 0.3) is 0 Å². The molecule has 1 N–H and O–H groups in total. The molecule has 0 aliphatic heterocycles. The zero-order valence-electron chi connectivity index (χ0n) is 13.4. The molecule has 1 aliphatic rings. The number of tetrazole rings is 1. The Hall–Kier alpha value is -0.970. The number of aromatic nitrogens is 4. The van der Waals surface area contributed by atoms with Crippen LogP contribution in [0.15, 0.2) is 0 Å². The lowest BCUT2D eigenvalue weighted by molar-refractivity contribution is 0.241. The van der Waals surface area contributed by atoms with Crippen LogP contribution < -0.4 is 5.32 Å². The van der Waals surface area contributed by atoms with Crippen molar-refractivity contribution in [1.82, 2.24) is 25.5 Å². The van der Waals surface area contributed by atoms with Crippen molar-refractivity contribution in [2.24, 2.45) is 5.92 Å². The smallest absolute Gasteiger partial charge is 0.165 e. The Morgan fingerprint density at radius 3 is 2.50 bits per heavy atom. The van der Waals surface area contributed by atoms with Crippen LogP contribution in [0, 0.1) is 5.92 Å². The fraction of sp³-hybridized carbons (Fsp3) is 0.933. The van der Waals surface area contributed by atoms with Gasteiger partial charge in [0.05, 0.1) is 12.6 Å². The van der Waals surface area contributed by atoms with E-state index in [2.05, 4.69) is 53.2 Å². The van der Waals surface area contributed by atoms with E-state index in [-0.39, 0.29) is 5.54 Å². The van der Waals surface area contributed by atoms with Gasteiger partial charge in [-0.2, -0.15) is 0 Å². The third kappa shape index (κ3) is 4.27. The largest absolute Gasteiger partial charge is 0.305 e. The predicted molar refractivity (Wildman–Crippen MR) is 80.3 cm³/mol. The van der Waals surface area contributed by atoms with Gasteiger partial charge in [0.15, 0.2) is 5.82 Å². The lowest BCUT2D eigenvalue weighted by atomic mass is 9.83. The van der Waals surface area contributed by atoms with E-state index < -0.39 is 0 Å². The fourth-order valence-corrected chi connectivity index (χ4v) is 3.04. The number of nitrogens with one attached hydrogen (secondary N) is 1. The van der Waals surface area contributed by atoms with Gasteiger partial charge < -0.3 is 5.32 Å². The Balaban J connectivity index is 1.92. The monoisotopic (exact) mass is 279 g/mol. The maximum Gasteiger partial charge on any atom is 0.165 e. The van der Waals surface area contributed by atoms with Crippen molar-refractivity contribution in [1.29, 1.82) is 0 Å². The van der Waals surface area contributed by atoms with Crippen LogP contribution in [0.3, 0.4) is 0 Å². The summed E-state index contributed by atoms with van der Waals surface area (Å²) in [7, 11) is 0. The van der Waals surface area contributed by atoms with Gasteiger partial charge in [0.1, 0.15) is 0 Å². The molecular formula is C15H29N5. The Morgan fingerprint density at radius 1 is 1.20 bits per heavy atom. The molecule has 0 spiro atoms. The standard InChI is InChI=1S/C15H29N5/c1-5-6-12-7-9-13(10-8-12)20-14(17-18-19-20)11-16-15(2,3)4/h12-13,16H,5-11H2,1-4H3. The van der Waals surface area contributed by atoms with Crippen molar-refractivity contribution in [3.63, 3.8) is 0 Å². The summed E-state index contributed by atoms with van der Waals surface area (Å²) in [5.74, 6) is 1.89. The van der Waals surface area contributed by atoms with Gasteiger partial charge in [-0.3, -0.25) is 0 Å². The molecule has 0 radical (unpaired) electrons. The summed E-state index contributed by atoms with van der Waals surface area (Å²) in [6, 6.07) is 0.495. The molecule has 5 heteroatoms. The molecule has 0 atom stereocenters. The third-order valence-corrected chi connectivity index (χ3v) is 4.20. The van der Waals surface area contributed by atoms with E-state index >= 15 is 0 Å². The number of rotatable bonds is 5. The van der Waals surface area contributed by atoms with Crippen LogP contribution in [0.1, 0.15) is 78.1 Å². The quantitative estimate of drug-likeness (QED) is 0.900. The second-order valence-electron chi connectivity index (χ2n) is 7.11. The van der Waals surface area contributed by atoms with Crippen LogP contribution >= 0.6 is 0 Å². The van der Waals surface area contributed by atoms with E-state index in [9.17, 15) is 0 Å². The Labute approximate surface area is 122 Å². The molecule has 5 nitrogen and oxygen atoms in total. The van der Waals surface area contributed by atoms with E-state index in [0.717, 1.165) is 18.3 Å². The molecule has 1 fully saturated rings. The highest BCUT2D eigenvalue weighted by Gasteiger charge is 2.25. The molecule has 114 valence electrons. The van der Waals surface area contributed by atoms with Crippen molar-refractivity contribution in [2.45, 2.75) is 84.3 Å². The van der Waals surface area contributed by atoms with Gasteiger partial charge in [-0.05, 0) is 62.8 Å². The first-order valence-electron chi connectivity index (χ1n) is 8.01. The minimum absolute atomic E-state index is 0.0928. The maximum atomic E-state index is 4.23. The van der Waals surface area contributed by atoms with Gasteiger partial charge in [0.25, 0.3) is 0 Å². The van der Waals surface area contributed by atoms with Gasteiger partial charge >= 0.3 is 0 Å². The summed E-state index contributed by atoms with van der Waals surface area (Å²) in [6.07, 6.45) is 7.77. The lowest BCUT2D eigenvalue weighted by Gasteiger charge is -2.29. The summed E-state index contributed by atoms with van der Waals surface area (Å²) in [6.45, 7) is 9.51. The minimum atomic E-state index is 0.0928. The number of hydrogen-bond acceptors (Lipinski definition) is 4. The van der Waals surface area contributed by atoms with Gasteiger partial charge in [0, 0.05) is 5.54 Å². The summed E-state index contributed by atoms with van der Waals surface area (Å²) in [5, 5.41) is 15.8. The number of nitrogens with zero attached hydrogens (tertiary/aromatic N) is 4. The van der Waals surface area contributed by atoms with Crippen LogP contribution in [-0.2, 0) is 6.54 Å². The topological polar surface area (TPSA) is 55.6 Å². The first-order valence-corrected chi connectivity index (χ1v) is 8.01. The van der Waals surface area contributed by atoms with Crippen molar-refractivity contribution in [3.8, 4) is 0 Å². The normalized spacial score (nSPS) is 24.0. The molecule has 0 amide bonds. The average Bonchev–Trinajstić information content (AvgIpc) is 2.85. The summed E-state index contributed by atoms with van der Waals surface area (Å²) >= 11 is 0. The van der Waals surface area contributed by atoms with Gasteiger partial charge in [-0.15, -0.1) is 5.10 Å². The highest BCUT2D eigenvalue weighted by molar-refractivity contribution is 4.88. The van der Waals surface area contributed by atoms with Crippen molar-refractivity contribution >= 4 is 0 Å². The van der Waals surface area contributed by atoms with Crippen molar-refractivity contribution < 1.29 is 0 Å². The van der Waals surface area contributed by atoms with Crippen LogP contribution in [0.4, 0.5) is 0 Å². The average molecular weight is 279 g/mol. The van der Waals surface area contributed by atoms with E-state index in [0.29, 0.717) is 6.04 Å². The molecule has 1 heterocycles. The Bertz CT molecular complexity index is 399. The van der Waals surface area contributed by atoms with Gasteiger partial charge in [0.2, 0.25) is 0 Å². The van der Waals surface area contributed by atoms with Crippen LogP contribution in [0.5, 0.6) is 0 Å². The molecular weight excluding hydrogens is 250 g/mol. The molecule has 1 aliphatic carbocycles. The molecule has 0 aromatic carbocycles. The zero-order valence-corrected chi connectivity index (χ0v) is 13.4. The van der Waals surface area contributed by atoms with Crippen molar-refractivity contribution in [2.75, 3.05) is 0 Å². The second kappa shape index (κ2) is 6.66. The van der Waals surface area contributed by atoms with E-state index in [1.54, 1.807) is 0 Å². The molecule has 1 saturated carbocycles. The molecule has 0 saturated heterocycles. The Morgan fingerprint density at radius 2 is 1.90 bits per heavy atom. The van der Waals surface area contributed by atoms with Gasteiger partial charge in [-0.1, -0.05) is 19.8 Å². The van der Waals surface area contributed by atoms with Gasteiger partial charge in [-0.25, -0.2) is 4.68 Å². The summed E-state index contributed by atoms with van der Waals surface area (Å²) in [4.78, 5) is 0.